The lowest BCUT2D eigenvalue weighted by Crippen LogP contribution is -2.26. The van der Waals surface area contributed by atoms with E-state index >= 15 is 0 Å². The Kier molecular flexibility index (Phi) is 2.22. The normalized spacial score (nSPS) is 22.4. The predicted octanol–water partition coefficient (Wildman–Crippen LogP) is 2.50. The molecule has 94 valence electrons. The van der Waals surface area contributed by atoms with Crippen LogP contribution < -0.4 is 0 Å². The number of aliphatic hydroxyl groups is 1. The van der Waals surface area contributed by atoms with Crippen molar-refractivity contribution >= 4 is 0 Å². The Bertz CT molecular complexity index is 420. The van der Waals surface area contributed by atoms with Crippen molar-refractivity contribution in [3.8, 4) is 0 Å². The molecule has 1 N–H and O–H groups in total. The van der Waals surface area contributed by atoms with Gasteiger partial charge in [-0.25, -0.2) is 0 Å². The average Bonchev–Trinajstić information content (AvgIpc) is 2.87. The summed E-state index contributed by atoms with van der Waals surface area (Å²) in [5.41, 5.74) is 3.15. The highest BCUT2D eigenvalue weighted by atomic mass is 16.3. The molecule has 0 amide bonds. The summed E-state index contributed by atoms with van der Waals surface area (Å²) in [5.74, 6) is 0. The van der Waals surface area contributed by atoms with Crippen molar-refractivity contribution in [2.75, 3.05) is 0 Å². The Labute approximate surface area is 103 Å². The first-order chi connectivity index (χ1) is 7.92. The maximum Gasteiger partial charge on any atom is 0.109 e. The summed E-state index contributed by atoms with van der Waals surface area (Å²) < 4.78 is 2.16. The number of hydrogen-bond donors (Lipinski definition) is 1. The van der Waals surface area contributed by atoms with Gasteiger partial charge in [-0.15, -0.1) is 0 Å². The van der Waals surface area contributed by atoms with Gasteiger partial charge in [0.1, 0.15) is 5.60 Å². The quantitative estimate of drug-likeness (QED) is 0.810. The van der Waals surface area contributed by atoms with Gasteiger partial charge in [0.2, 0.25) is 0 Å². The maximum absolute atomic E-state index is 10.4. The lowest BCUT2D eigenvalue weighted by Gasteiger charge is -2.24. The molecule has 0 bridgehead atoms. The van der Waals surface area contributed by atoms with E-state index in [0.29, 0.717) is 0 Å². The van der Waals surface area contributed by atoms with Crippen molar-refractivity contribution < 1.29 is 5.11 Å². The summed E-state index contributed by atoms with van der Waals surface area (Å²) in [4.78, 5) is 0. The molecule has 0 radical (unpaired) electrons. The number of rotatable bonds is 1. The Morgan fingerprint density at radius 3 is 2.41 bits per heavy atom. The molecule has 0 aromatic carbocycles. The first kappa shape index (κ1) is 11.3. The van der Waals surface area contributed by atoms with E-state index in [1.807, 2.05) is 0 Å². The molecule has 0 atom stereocenters. The highest BCUT2D eigenvalue weighted by molar-refractivity contribution is 5.36. The van der Waals surface area contributed by atoms with E-state index in [1.165, 1.54) is 24.1 Å². The zero-order chi connectivity index (χ0) is 12.3. The largest absolute Gasteiger partial charge is 0.383 e. The third kappa shape index (κ3) is 1.71. The SMILES string of the molecule is CC(C)(C)n1nc(C2(O)CC2)c2c1CCCC2. The van der Waals surface area contributed by atoms with Crippen LogP contribution in [-0.2, 0) is 24.0 Å². The minimum absolute atomic E-state index is 0.0188. The van der Waals surface area contributed by atoms with E-state index in [-0.39, 0.29) is 5.54 Å². The van der Waals surface area contributed by atoms with E-state index < -0.39 is 5.60 Å². The molecule has 0 saturated heterocycles. The van der Waals surface area contributed by atoms with Gasteiger partial charge in [0.05, 0.1) is 11.2 Å². The number of nitrogens with zero attached hydrogens (tertiary/aromatic N) is 2. The van der Waals surface area contributed by atoms with Crippen molar-refractivity contribution in [1.29, 1.82) is 0 Å². The number of fused-ring (bicyclic) bond motifs is 1. The van der Waals surface area contributed by atoms with Crippen molar-refractivity contribution in [3.05, 3.63) is 17.0 Å². The van der Waals surface area contributed by atoms with Crippen LogP contribution >= 0.6 is 0 Å². The van der Waals surface area contributed by atoms with E-state index in [0.717, 1.165) is 31.4 Å². The third-order valence-electron chi connectivity index (χ3n) is 3.98. The molecule has 3 heteroatoms. The van der Waals surface area contributed by atoms with Gasteiger partial charge in [-0.05, 0) is 64.9 Å². The van der Waals surface area contributed by atoms with Gasteiger partial charge in [-0.1, -0.05) is 0 Å². The molecule has 3 nitrogen and oxygen atoms in total. The van der Waals surface area contributed by atoms with Gasteiger partial charge in [0.15, 0.2) is 0 Å². The van der Waals surface area contributed by atoms with Gasteiger partial charge >= 0.3 is 0 Å². The van der Waals surface area contributed by atoms with Gasteiger partial charge in [0, 0.05) is 5.69 Å². The Morgan fingerprint density at radius 1 is 1.18 bits per heavy atom. The van der Waals surface area contributed by atoms with Crippen molar-refractivity contribution in [2.45, 2.75) is 70.4 Å². The number of hydrogen-bond acceptors (Lipinski definition) is 2. The van der Waals surface area contributed by atoms with Crippen LogP contribution in [0.1, 0.15) is 63.4 Å². The van der Waals surface area contributed by atoms with Crippen LogP contribution in [0.3, 0.4) is 0 Å². The van der Waals surface area contributed by atoms with E-state index in [1.54, 1.807) is 0 Å². The van der Waals surface area contributed by atoms with Crippen LogP contribution in [0, 0.1) is 0 Å². The first-order valence-corrected chi connectivity index (χ1v) is 6.76. The second-order valence-electron chi connectivity index (χ2n) is 6.60. The minimum atomic E-state index is -0.585. The molecule has 3 rings (SSSR count). The molecular formula is C14H22N2O. The van der Waals surface area contributed by atoms with Crippen LogP contribution in [0.15, 0.2) is 0 Å². The molecule has 1 heterocycles. The molecule has 0 spiro atoms. The molecule has 17 heavy (non-hydrogen) atoms. The van der Waals surface area contributed by atoms with Crippen molar-refractivity contribution in [1.82, 2.24) is 9.78 Å². The highest BCUT2D eigenvalue weighted by Crippen LogP contribution is 2.48. The monoisotopic (exact) mass is 234 g/mol. The second-order valence-corrected chi connectivity index (χ2v) is 6.60. The Hall–Kier alpha value is -0.830. The van der Waals surface area contributed by atoms with Crippen LogP contribution in [-0.4, -0.2) is 14.9 Å². The fourth-order valence-corrected chi connectivity index (χ4v) is 2.88. The van der Waals surface area contributed by atoms with E-state index in [2.05, 4.69) is 25.5 Å². The fraction of sp³-hybridized carbons (Fsp3) is 0.786. The second kappa shape index (κ2) is 3.35. The van der Waals surface area contributed by atoms with E-state index in [9.17, 15) is 5.11 Å². The molecule has 0 unspecified atom stereocenters. The first-order valence-electron chi connectivity index (χ1n) is 6.76. The average molecular weight is 234 g/mol. The molecule has 1 aromatic rings. The molecule has 2 aliphatic rings. The molecule has 0 aliphatic heterocycles. The smallest absolute Gasteiger partial charge is 0.109 e. The molecular weight excluding hydrogens is 212 g/mol. The minimum Gasteiger partial charge on any atom is -0.383 e. The Balaban J connectivity index is 2.15. The highest BCUT2D eigenvalue weighted by Gasteiger charge is 2.47. The predicted molar refractivity (Wildman–Crippen MR) is 67.0 cm³/mol. The lowest BCUT2D eigenvalue weighted by atomic mass is 9.93. The van der Waals surface area contributed by atoms with Gasteiger partial charge in [0.25, 0.3) is 0 Å². The van der Waals surface area contributed by atoms with E-state index in [4.69, 9.17) is 5.10 Å². The van der Waals surface area contributed by atoms with Gasteiger partial charge < -0.3 is 5.11 Å². The summed E-state index contributed by atoms with van der Waals surface area (Å²) in [6.07, 6.45) is 6.50. The number of aromatic nitrogens is 2. The van der Waals surface area contributed by atoms with Crippen molar-refractivity contribution in [3.63, 3.8) is 0 Å². The molecule has 1 aromatic heterocycles. The maximum atomic E-state index is 10.4. The Morgan fingerprint density at radius 2 is 1.82 bits per heavy atom. The van der Waals surface area contributed by atoms with Crippen LogP contribution in [0.2, 0.25) is 0 Å². The zero-order valence-electron chi connectivity index (χ0n) is 11.1. The summed E-state index contributed by atoms with van der Waals surface area (Å²) >= 11 is 0. The van der Waals surface area contributed by atoms with Gasteiger partial charge in [-0.2, -0.15) is 5.10 Å². The molecule has 1 fully saturated rings. The third-order valence-corrected chi connectivity index (χ3v) is 3.98. The van der Waals surface area contributed by atoms with Crippen molar-refractivity contribution in [2.24, 2.45) is 0 Å². The van der Waals surface area contributed by atoms with Crippen LogP contribution in [0.4, 0.5) is 0 Å². The molecule has 2 aliphatic carbocycles. The molecule has 1 saturated carbocycles. The zero-order valence-corrected chi connectivity index (χ0v) is 11.1. The standard InChI is InChI=1S/C14H22N2O/c1-13(2,3)16-11-7-5-4-6-10(11)12(15-16)14(17)8-9-14/h17H,4-9H2,1-3H3. The van der Waals surface area contributed by atoms with Gasteiger partial charge in [-0.3, -0.25) is 4.68 Å². The fourth-order valence-electron chi connectivity index (χ4n) is 2.88. The van der Waals surface area contributed by atoms with Crippen LogP contribution in [0.5, 0.6) is 0 Å². The summed E-state index contributed by atoms with van der Waals surface area (Å²) in [5, 5.41) is 15.1. The topological polar surface area (TPSA) is 38.0 Å². The summed E-state index contributed by atoms with van der Waals surface area (Å²) in [6, 6.07) is 0. The summed E-state index contributed by atoms with van der Waals surface area (Å²) in [6.45, 7) is 6.57. The van der Waals surface area contributed by atoms with Crippen LogP contribution in [0.25, 0.3) is 0 Å². The summed E-state index contributed by atoms with van der Waals surface area (Å²) in [7, 11) is 0. The lowest BCUT2D eigenvalue weighted by molar-refractivity contribution is 0.143.